The van der Waals surface area contributed by atoms with E-state index in [2.05, 4.69) is 50.1 Å². The molecule has 0 radical (unpaired) electrons. The molecular formula is C16H25N. The number of aryl methyl sites for hydroxylation is 1. The summed E-state index contributed by atoms with van der Waals surface area (Å²) < 4.78 is 0. The quantitative estimate of drug-likeness (QED) is 0.763. The van der Waals surface area contributed by atoms with Gasteiger partial charge in [0.25, 0.3) is 0 Å². The first-order valence-corrected chi connectivity index (χ1v) is 7.03. The summed E-state index contributed by atoms with van der Waals surface area (Å²) in [4.78, 5) is 2.57. The SMILES string of the molecule is CCC(CC)C1CCc2ccccc2CN1C. The van der Waals surface area contributed by atoms with Crippen molar-refractivity contribution in [2.24, 2.45) is 5.92 Å². The Kier molecular flexibility index (Phi) is 4.22. The first-order valence-electron chi connectivity index (χ1n) is 7.03. The molecular weight excluding hydrogens is 206 g/mol. The average molecular weight is 231 g/mol. The Morgan fingerprint density at radius 2 is 1.82 bits per heavy atom. The number of hydrogen-bond donors (Lipinski definition) is 0. The van der Waals surface area contributed by atoms with Gasteiger partial charge in [-0.05, 0) is 36.9 Å². The maximum Gasteiger partial charge on any atom is 0.0236 e. The lowest BCUT2D eigenvalue weighted by molar-refractivity contribution is 0.156. The van der Waals surface area contributed by atoms with E-state index >= 15 is 0 Å². The normalized spacial score (nSPS) is 21.3. The van der Waals surface area contributed by atoms with Gasteiger partial charge in [0.1, 0.15) is 0 Å². The molecule has 0 bridgehead atoms. The highest BCUT2D eigenvalue weighted by Crippen LogP contribution is 2.28. The predicted octanol–water partition coefficient (Wildman–Crippen LogP) is 3.87. The van der Waals surface area contributed by atoms with Gasteiger partial charge in [-0.25, -0.2) is 0 Å². The summed E-state index contributed by atoms with van der Waals surface area (Å²) in [5.41, 5.74) is 3.09. The Labute approximate surface area is 106 Å². The highest BCUT2D eigenvalue weighted by molar-refractivity contribution is 5.28. The maximum atomic E-state index is 2.57. The lowest BCUT2D eigenvalue weighted by atomic mass is 9.90. The van der Waals surface area contributed by atoms with Gasteiger partial charge in [-0.3, -0.25) is 4.90 Å². The van der Waals surface area contributed by atoms with Gasteiger partial charge in [-0.15, -0.1) is 0 Å². The number of fused-ring (bicyclic) bond motifs is 1. The molecule has 0 amide bonds. The molecule has 0 saturated heterocycles. The summed E-state index contributed by atoms with van der Waals surface area (Å²) in [5.74, 6) is 0.856. The van der Waals surface area contributed by atoms with E-state index in [0.717, 1.165) is 18.5 Å². The Bertz CT molecular complexity index is 354. The molecule has 1 nitrogen and oxygen atoms in total. The van der Waals surface area contributed by atoms with E-state index in [1.807, 2.05) is 0 Å². The largest absolute Gasteiger partial charge is 0.299 e. The van der Waals surface area contributed by atoms with Crippen molar-refractivity contribution in [1.82, 2.24) is 4.90 Å². The van der Waals surface area contributed by atoms with Crippen molar-refractivity contribution >= 4 is 0 Å². The van der Waals surface area contributed by atoms with Crippen LogP contribution >= 0.6 is 0 Å². The van der Waals surface area contributed by atoms with Gasteiger partial charge in [0.05, 0.1) is 0 Å². The van der Waals surface area contributed by atoms with Crippen LogP contribution in [0.3, 0.4) is 0 Å². The third-order valence-electron chi connectivity index (χ3n) is 4.41. The zero-order valence-corrected chi connectivity index (χ0v) is 11.4. The van der Waals surface area contributed by atoms with E-state index in [9.17, 15) is 0 Å². The van der Waals surface area contributed by atoms with Gasteiger partial charge in [-0.2, -0.15) is 0 Å². The number of hydrogen-bond acceptors (Lipinski definition) is 1. The van der Waals surface area contributed by atoms with Crippen LogP contribution in [-0.4, -0.2) is 18.0 Å². The summed E-state index contributed by atoms with van der Waals surface area (Å²) >= 11 is 0. The molecule has 0 N–H and O–H groups in total. The van der Waals surface area contributed by atoms with Gasteiger partial charge in [0.15, 0.2) is 0 Å². The van der Waals surface area contributed by atoms with E-state index in [1.165, 1.54) is 31.2 Å². The Morgan fingerprint density at radius 3 is 2.47 bits per heavy atom. The van der Waals surface area contributed by atoms with E-state index < -0.39 is 0 Å². The van der Waals surface area contributed by atoms with E-state index in [4.69, 9.17) is 0 Å². The second kappa shape index (κ2) is 5.68. The summed E-state index contributed by atoms with van der Waals surface area (Å²) in [6.45, 7) is 5.79. The molecule has 0 aromatic heterocycles. The zero-order valence-electron chi connectivity index (χ0n) is 11.4. The Morgan fingerprint density at radius 1 is 1.18 bits per heavy atom. The molecule has 1 heterocycles. The monoisotopic (exact) mass is 231 g/mol. The van der Waals surface area contributed by atoms with Gasteiger partial charge >= 0.3 is 0 Å². The second-order valence-electron chi connectivity index (χ2n) is 5.37. The topological polar surface area (TPSA) is 3.24 Å². The number of benzene rings is 1. The molecule has 1 heteroatoms. The van der Waals surface area contributed by atoms with Gasteiger partial charge in [-0.1, -0.05) is 51.0 Å². The Balaban J connectivity index is 2.17. The van der Waals surface area contributed by atoms with Crippen LogP contribution in [0.2, 0.25) is 0 Å². The minimum atomic E-state index is 0.761. The zero-order chi connectivity index (χ0) is 12.3. The lowest BCUT2D eigenvalue weighted by Gasteiger charge is -2.32. The second-order valence-corrected chi connectivity index (χ2v) is 5.37. The van der Waals surface area contributed by atoms with Gasteiger partial charge in [0.2, 0.25) is 0 Å². The molecule has 2 rings (SSSR count). The van der Waals surface area contributed by atoms with Crippen molar-refractivity contribution in [2.45, 2.75) is 52.1 Å². The van der Waals surface area contributed by atoms with Crippen LogP contribution in [0.25, 0.3) is 0 Å². The summed E-state index contributed by atoms with van der Waals surface area (Å²) in [5, 5.41) is 0. The molecule has 1 unspecified atom stereocenters. The van der Waals surface area contributed by atoms with E-state index in [1.54, 1.807) is 5.56 Å². The third kappa shape index (κ3) is 2.71. The summed E-state index contributed by atoms with van der Waals surface area (Å²) in [6, 6.07) is 9.71. The van der Waals surface area contributed by atoms with Crippen molar-refractivity contribution in [3.8, 4) is 0 Å². The minimum absolute atomic E-state index is 0.761. The van der Waals surface area contributed by atoms with Crippen LogP contribution < -0.4 is 0 Å². The first kappa shape index (κ1) is 12.6. The highest BCUT2D eigenvalue weighted by Gasteiger charge is 2.25. The first-order chi connectivity index (χ1) is 8.26. The number of rotatable bonds is 3. The highest BCUT2D eigenvalue weighted by atomic mass is 15.1. The molecule has 17 heavy (non-hydrogen) atoms. The van der Waals surface area contributed by atoms with Crippen molar-refractivity contribution in [2.75, 3.05) is 7.05 Å². The smallest absolute Gasteiger partial charge is 0.0236 e. The van der Waals surface area contributed by atoms with Crippen LogP contribution in [0.1, 0.15) is 44.2 Å². The van der Waals surface area contributed by atoms with Crippen LogP contribution in [0.15, 0.2) is 24.3 Å². The maximum absolute atomic E-state index is 2.57. The van der Waals surface area contributed by atoms with Crippen molar-refractivity contribution in [1.29, 1.82) is 0 Å². The molecule has 0 spiro atoms. The molecule has 1 aliphatic heterocycles. The average Bonchev–Trinajstić information content (AvgIpc) is 2.51. The molecule has 1 atom stereocenters. The summed E-state index contributed by atoms with van der Waals surface area (Å²) in [7, 11) is 2.30. The van der Waals surface area contributed by atoms with Crippen LogP contribution in [0.5, 0.6) is 0 Å². The summed E-state index contributed by atoms with van der Waals surface area (Å²) in [6.07, 6.45) is 5.19. The van der Waals surface area contributed by atoms with Gasteiger partial charge < -0.3 is 0 Å². The molecule has 1 aliphatic rings. The van der Waals surface area contributed by atoms with Crippen molar-refractivity contribution in [3.05, 3.63) is 35.4 Å². The van der Waals surface area contributed by atoms with Crippen molar-refractivity contribution < 1.29 is 0 Å². The fourth-order valence-electron chi connectivity index (χ4n) is 3.29. The fourth-order valence-corrected chi connectivity index (χ4v) is 3.29. The molecule has 0 fully saturated rings. The number of nitrogens with zero attached hydrogens (tertiary/aromatic N) is 1. The van der Waals surface area contributed by atoms with Crippen LogP contribution in [0.4, 0.5) is 0 Å². The van der Waals surface area contributed by atoms with E-state index in [-0.39, 0.29) is 0 Å². The molecule has 94 valence electrons. The predicted molar refractivity (Wildman–Crippen MR) is 74.1 cm³/mol. The van der Waals surface area contributed by atoms with Crippen LogP contribution in [-0.2, 0) is 13.0 Å². The van der Waals surface area contributed by atoms with Crippen LogP contribution in [0, 0.1) is 5.92 Å². The Hall–Kier alpha value is -0.820. The molecule has 0 aliphatic carbocycles. The fraction of sp³-hybridized carbons (Fsp3) is 0.625. The van der Waals surface area contributed by atoms with E-state index in [0.29, 0.717) is 0 Å². The molecule has 0 saturated carbocycles. The molecule has 1 aromatic rings. The lowest BCUT2D eigenvalue weighted by Crippen LogP contribution is -2.36. The standard InChI is InChI=1S/C16H25N/c1-4-13(5-2)16-11-10-14-8-6-7-9-15(14)12-17(16)3/h6-9,13,16H,4-5,10-12H2,1-3H3. The molecule has 1 aromatic carbocycles. The third-order valence-corrected chi connectivity index (χ3v) is 4.41. The van der Waals surface area contributed by atoms with Crippen molar-refractivity contribution in [3.63, 3.8) is 0 Å². The minimum Gasteiger partial charge on any atom is -0.299 e. The van der Waals surface area contributed by atoms with Gasteiger partial charge in [0, 0.05) is 12.6 Å².